The Kier molecular flexibility index (Phi) is 4.60. The van der Waals surface area contributed by atoms with E-state index < -0.39 is 5.56 Å². The molecule has 0 spiro atoms. The van der Waals surface area contributed by atoms with Crippen LogP contribution >= 0.6 is 0 Å². The molecule has 136 valence electrons. The summed E-state index contributed by atoms with van der Waals surface area (Å²) in [5.41, 5.74) is 2.08. The largest absolute Gasteiger partial charge is 0.323 e. The molecule has 0 unspecified atom stereocenters. The molecule has 0 radical (unpaired) electrons. The van der Waals surface area contributed by atoms with E-state index in [1.165, 1.54) is 4.68 Å². The molecule has 2 heterocycles. The number of aromatic amines is 1. The molecule has 1 aromatic carbocycles. The number of H-pyrrole nitrogens is 1. The van der Waals surface area contributed by atoms with Crippen molar-refractivity contribution in [1.82, 2.24) is 14.3 Å². The lowest BCUT2D eigenvalue weighted by Gasteiger charge is -2.07. The van der Waals surface area contributed by atoms with Gasteiger partial charge in [-0.3, -0.25) is 14.3 Å². The number of benzene rings is 1. The number of rotatable bonds is 3. The van der Waals surface area contributed by atoms with Crippen molar-refractivity contribution in [3.8, 4) is 11.8 Å². The summed E-state index contributed by atoms with van der Waals surface area (Å²) in [4.78, 5) is 27.3. The summed E-state index contributed by atoms with van der Waals surface area (Å²) in [5, 5.41) is 17.5. The van der Waals surface area contributed by atoms with Crippen LogP contribution in [0.15, 0.2) is 50.1 Å². The third-order valence-electron chi connectivity index (χ3n) is 4.50. The van der Waals surface area contributed by atoms with Crippen LogP contribution in [-0.2, 0) is 7.05 Å². The van der Waals surface area contributed by atoms with Gasteiger partial charge in [-0.1, -0.05) is 18.2 Å². The van der Waals surface area contributed by atoms with Crippen LogP contribution in [0, 0.1) is 32.1 Å². The monoisotopic (exact) mass is 362 g/mol. The van der Waals surface area contributed by atoms with Crippen molar-refractivity contribution in [2.24, 2.45) is 17.3 Å². The molecule has 0 fully saturated rings. The number of hydrogen-bond donors (Lipinski definition) is 1. The van der Waals surface area contributed by atoms with Gasteiger partial charge in [0.15, 0.2) is 5.69 Å². The molecule has 3 rings (SSSR count). The lowest BCUT2D eigenvalue weighted by Crippen LogP contribution is -2.19. The number of azo groups is 1. The lowest BCUT2D eigenvalue weighted by molar-refractivity contribution is 0.630. The number of hydrogen-bond acceptors (Lipinski definition) is 5. The summed E-state index contributed by atoms with van der Waals surface area (Å²) >= 11 is 0. The predicted octanol–water partition coefficient (Wildman–Crippen LogP) is 3.08. The first-order valence-electron chi connectivity index (χ1n) is 8.26. The summed E-state index contributed by atoms with van der Waals surface area (Å²) in [6.45, 7) is 5.09. The Balaban J connectivity index is 2.15. The molecule has 0 atom stereocenters. The highest BCUT2D eigenvalue weighted by molar-refractivity contribution is 5.55. The molecule has 8 heteroatoms. The SMILES string of the molecule is Cc1[nH]c(=O)c(C#N)c(C)c1N=Nc1c(C)n(C)n(-c2ccccc2)c1=O. The van der Waals surface area contributed by atoms with E-state index in [4.69, 9.17) is 5.26 Å². The van der Waals surface area contributed by atoms with Gasteiger partial charge in [0.2, 0.25) is 0 Å². The van der Waals surface area contributed by atoms with E-state index in [0.717, 1.165) is 5.69 Å². The zero-order chi connectivity index (χ0) is 19.7. The Bertz CT molecular complexity index is 1210. The highest BCUT2D eigenvalue weighted by Gasteiger charge is 2.17. The Morgan fingerprint density at radius 3 is 2.30 bits per heavy atom. The van der Waals surface area contributed by atoms with Crippen molar-refractivity contribution in [2.75, 3.05) is 0 Å². The summed E-state index contributed by atoms with van der Waals surface area (Å²) in [5.74, 6) is 0. The molecule has 0 aliphatic rings. The van der Waals surface area contributed by atoms with E-state index in [9.17, 15) is 9.59 Å². The van der Waals surface area contributed by atoms with Crippen LogP contribution in [0.3, 0.4) is 0 Å². The van der Waals surface area contributed by atoms with E-state index >= 15 is 0 Å². The zero-order valence-electron chi connectivity index (χ0n) is 15.4. The first-order chi connectivity index (χ1) is 12.9. The first kappa shape index (κ1) is 18.1. The number of nitrogens with one attached hydrogen (secondary N) is 1. The van der Waals surface area contributed by atoms with Crippen molar-refractivity contribution < 1.29 is 0 Å². The highest BCUT2D eigenvalue weighted by atomic mass is 16.1. The Hall–Kier alpha value is -3.73. The number of pyridine rings is 1. The van der Waals surface area contributed by atoms with Crippen LogP contribution < -0.4 is 11.1 Å². The van der Waals surface area contributed by atoms with Gasteiger partial charge >= 0.3 is 0 Å². The summed E-state index contributed by atoms with van der Waals surface area (Å²) < 4.78 is 3.22. The lowest BCUT2D eigenvalue weighted by atomic mass is 10.1. The van der Waals surface area contributed by atoms with Gasteiger partial charge in [-0.15, -0.1) is 10.2 Å². The molecule has 8 nitrogen and oxygen atoms in total. The normalized spacial score (nSPS) is 11.1. The summed E-state index contributed by atoms with van der Waals surface area (Å²) in [7, 11) is 1.77. The Morgan fingerprint density at radius 2 is 1.67 bits per heavy atom. The molecule has 27 heavy (non-hydrogen) atoms. The number of para-hydroxylation sites is 1. The fourth-order valence-electron chi connectivity index (χ4n) is 2.92. The van der Waals surface area contributed by atoms with Gasteiger partial charge < -0.3 is 4.98 Å². The van der Waals surface area contributed by atoms with Crippen LogP contribution in [0.1, 0.15) is 22.5 Å². The third kappa shape index (κ3) is 3.00. The second kappa shape index (κ2) is 6.88. The van der Waals surface area contributed by atoms with Crippen molar-refractivity contribution in [2.45, 2.75) is 20.8 Å². The minimum atomic E-state index is -0.464. The van der Waals surface area contributed by atoms with Gasteiger partial charge in [0.25, 0.3) is 11.1 Å². The quantitative estimate of drug-likeness (QED) is 0.723. The molecule has 2 aromatic heterocycles. The molecule has 0 saturated carbocycles. The zero-order valence-corrected chi connectivity index (χ0v) is 15.4. The van der Waals surface area contributed by atoms with Gasteiger partial charge in [-0.2, -0.15) is 5.26 Å². The van der Waals surface area contributed by atoms with E-state index in [2.05, 4.69) is 15.2 Å². The second-order valence-electron chi connectivity index (χ2n) is 6.15. The van der Waals surface area contributed by atoms with Crippen LogP contribution in [-0.4, -0.2) is 14.3 Å². The Labute approximate surface area is 155 Å². The van der Waals surface area contributed by atoms with E-state index in [-0.39, 0.29) is 16.8 Å². The number of nitrogens with zero attached hydrogens (tertiary/aromatic N) is 5. The maximum atomic E-state index is 12.9. The molecule has 0 aliphatic heterocycles. The number of nitriles is 1. The van der Waals surface area contributed by atoms with Gasteiger partial charge in [-0.25, -0.2) is 4.68 Å². The smallest absolute Gasteiger partial charge is 0.299 e. The molecular weight excluding hydrogens is 344 g/mol. The standard InChI is InChI=1S/C19H18N6O2/c1-11-15(10-20)18(26)21-12(2)16(11)22-23-17-13(3)24(4)25(19(17)27)14-8-6-5-7-9-14/h5-9H,1-4H3,(H,21,26). The van der Waals surface area contributed by atoms with Crippen molar-refractivity contribution in [3.05, 3.63) is 73.6 Å². The summed E-state index contributed by atoms with van der Waals surface area (Å²) in [6.07, 6.45) is 0. The van der Waals surface area contributed by atoms with Crippen LogP contribution in [0.5, 0.6) is 0 Å². The fraction of sp³-hybridized carbons (Fsp3) is 0.211. The van der Waals surface area contributed by atoms with Gasteiger partial charge in [0, 0.05) is 18.3 Å². The average Bonchev–Trinajstić information content (AvgIpc) is 2.85. The highest BCUT2D eigenvalue weighted by Crippen LogP contribution is 2.25. The topological polar surface area (TPSA) is 108 Å². The van der Waals surface area contributed by atoms with Crippen LogP contribution in [0.25, 0.3) is 5.69 Å². The van der Waals surface area contributed by atoms with E-state index in [1.807, 2.05) is 36.4 Å². The number of aryl methyl sites for hydroxylation is 1. The van der Waals surface area contributed by atoms with E-state index in [0.29, 0.717) is 22.6 Å². The molecule has 0 aliphatic carbocycles. The van der Waals surface area contributed by atoms with Gasteiger partial charge in [0.05, 0.1) is 11.4 Å². The minimum absolute atomic E-state index is 0.0129. The molecule has 0 bridgehead atoms. The molecule has 3 aromatic rings. The molecule has 0 saturated heterocycles. The Morgan fingerprint density at radius 1 is 1.04 bits per heavy atom. The summed E-state index contributed by atoms with van der Waals surface area (Å²) in [6, 6.07) is 11.1. The maximum absolute atomic E-state index is 12.9. The number of aromatic nitrogens is 3. The van der Waals surface area contributed by atoms with Gasteiger partial charge in [0.1, 0.15) is 17.3 Å². The second-order valence-corrected chi connectivity index (χ2v) is 6.15. The van der Waals surface area contributed by atoms with Gasteiger partial charge in [-0.05, 0) is 32.9 Å². The van der Waals surface area contributed by atoms with Crippen molar-refractivity contribution in [1.29, 1.82) is 5.26 Å². The fourth-order valence-corrected chi connectivity index (χ4v) is 2.92. The predicted molar refractivity (Wildman–Crippen MR) is 101 cm³/mol. The van der Waals surface area contributed by atoms with Crippen LogP contribution in [0.4, 0.5) is 11.4 Å². The average molecular weight is 362 g/mol. The minimum Gasteiger partial charge on any atom is -0.323 e. The van der Waals surface area contributed by atoms with Crippen LogP contribution in [0.2, 0.25) is 0 Å². The molecular formula is C19H18N6O2. The maximum Gasteiger partial charge on any atom is 0.299 e. The third-order valence-corrected chi connectivity index (χ3v) is 4.50. The first-order valence-corrected chi connectivity index (χ1v) is 8.26. The molecule has 1 N–H and O–H groups in total. The van der Waals surface area contributed by atoms with Crippen molar-refractivity contribution in [3.63, 3.8) is 0 Å². The molecule has 0 amide bonds. The van der Waals surface area contributed by atoms with E-state index in [1.54, 1.807) is 32.5 Å². The van der Waals surface area contributed by atoms with Crippen molar-refractivity contribution >= 4 is 11.4 Å².